The third-order valence-corrected chi connectivity index (χ3v) is 5.11. The summed E-state index contributed by atoms with van der Waals surface area (Å²) in [6.07, 6.45) is 1.07. The fraction of sp³-hybridized carbons (Fsp3) is 0.500. The molecule has 1 N–H and O–H groups in total. The van der Waals surface area contributed by atoms with Crippen LogP contribution >= 0.6 is 0 Å². The van der Waals surface area contributed by atoms with Gasteiger partial charge in [0.2, 0.25) is 9.84 Å². The summed E-state index contributed by atoms with van der Waals surface area (Å²) in [4.78, 5) is 12.6. The Morgan fingerprint density at radius 3 is 2.30 bits per heavy atom. The van der Waals surface area contributed by atoms with E-state index in [0.717, 1.165) is 12.1 Å². The fourth-order valence-electron chi connectivity index (χ4n) is 2.41. The molecule has 0 radical (unpaired) electrons. The zero-order valence-electron chi connectivity index (χ0n) is 12.5. The average molecular weight is 348 g/mol. The molecule has 128 valence electrons. The van der Waals surface area contributed by atoms with Gasteiger partial charge in [-0.05, 0) is 37.1 Å². The van der Waals surface area contributed by atoms with Gasteiger partial charge in [-0.1, -0.05) is 0 Å². The molecule has 9 heteroatoms. The van der Waals surface area contributed by atoms with Crippen molar-refractivity contribution in [2.75, 3.05) is 25.5 Å². The standard InChI is InChI=1S/C14H18F2N2O4S/c1-22-14(19)18-8-6-11(7-9-18)17-10-2-4-12(5-3-10)23(20,21)13(15)16/h2-5,11,13,17H,6-9H2,1H3. The molecule has 1 heterocycles. The van der Waals surface area contributed by atoms with Gasteiger partial charge in [-0.25, -0.2) is 13.2 Å². The van der Waals surface area contributed by atoms with Crippen molar-refractivity contribution in [1.29, 1.82) is 0 Å². The lowest BCUT2D eigenvalue weighted by molar-refractivity contribution is 0.113. The van der Waals surface area contributed by atoms with Crippen LogP contribution in [-0.2, 0) is 14.6 Å². The minimum atomic E-state index is -4.57. The number of amides is 1. The predicted octanol–water partition coefficient (Wildman–Crippen LogP) is 2.33. The van der Waals surface area contributed by atoms with E-state index in [1.807, 2.05) is 0 Å². The number of hydrogen-bond acceptors (Lipinski definition) is 5. The third kappa shape index (κ3) is 4.10. The lowest BCUT2D eigenvalue weighted by atomic mass is 10.1. The number of benzene rings is 1. The van der Waals surface area contributed by atoms with Crippen molar-refractivity contribution < 1.29 is 26.7 Å². The fourth-order valence-corrected chi connectivity index (χ4v) is 3.14. The Morgan fingerprint density at radius 1 is 1.26 bits per heavy atom. The Morgan fingerprint density at radius 2 is 1.83 bits per heavy atom. The normalized spacial score (nSPS) is 16.4. The Bertz CT molecular complexity index is 641. The average Bonchev–Trinajstić information content (AvgIpc) is 2.55. The number of carbonyl (C=O) groups is 1. The summed E-state index contributed by atoms with van der Waals surface area (Å²) in [7, 11) is -3.23. The van der Waals surface area contributed by atoms with Crippen LogP contribution in [-0.4, -0.2) is 51.4 Å². The number of piperidine rings is 1. The summed E-state index contributed by atoms with van der Waals surface area (Å²) in [5.74, 6) is -3.43. The number of methoxy groups -OCH3 is 1. The van der Waals surface area contributed by atoms with Crippen molar-refractivity contribution >= 4 is 21.6 Å². The summed E-state index contributed by atoms with van der Waals surface area (Å²) in [6.45, 7) is 1.12. The molecule has 0 saturated carbocycles. The Kier molecular flexibility index (Phi) is 5.40. The number of likely N-dealkylation sites (tertiary alicyclic amines) is 1. The molecule has 1 aromatic rings. The Balaban J connectivity index is 1.94. The first-order valence-corrected chi connectivity index (χ1v) is 8.61. The quantitative estimate of drug-likeness (QED) is 0.904. The minimum Gasteiger partial charge on any atom is -0.453 e. The summed E-state index contributed by atoms with van der Waals surface area (Å²) < 4.78 is 52.3. The van der Waals surface area contributed by atoms with Crippen molar-refractivity contribution in [1.82, 2.24) is 4.90 Å². The summed E-state index contributed by atoms with van der Waals surface area (Å²) in [5.41, 5.74) is 0.648. The molecule has 1 saturated heterocycles. The maximum Gasteiger partial charge on any atom is 0.409 e. The zero-order chi connectivity index (χ0) is 17.0. The number of rotatable bonds is 4. The van der Waals surface area contributed by atoms with Crippen LogP contribution in [0, 0.1) is 0 Å². The first-order valence-electron chi connectivity index (χ1n) is 7.06. The highest BCUT2D eigenvalue weighted by Gasteiger charge is 2.26. The monoisotopic (exact) mass is 348 g/mol. The largest absolute Gasteiger partial charge is 0.453 e. The van der Waals surface area contributed by atoms with Gasteiger partial charge in [0.25, 0.3) is 0 Å². The first-order chi connectivity index (χ1) is 10.8. The van der Waals surface area contributed by atoms with Gasteiger partial charge in [-0.3, -0.25) is 0 Å². The van der Waals surface area contributed by atoms with Crippen LogP contribution in [0.5, 0.6) is 0 Å². The number of nitrogens with one attached hydrogen (secondary N) is 1. The number of ether oxygens (including phenoxy) is 1. The van der Waals surface area contributed by atoms with Crippen molar-refractivity contribution in [2.45, 2.75) is 29.5 Å². The highest BCUT2D eigenvalue weighted by molar-refractivity contribution is 7.91. The van der Waals surface area contributed by atoms with E-state index < -0.39 is 20.5 Å². The van der Waals surface area contributed by atoms with Gasteiger partial charge in [0.15, 0.2) is 0 Å². The van der Waals surface area contributed by atoms with Crippen LogP contribution in [0.3, 0.4) is 0 Å². The molecule has 0 bridgehead atoms. The topological polar surface area (TPSA) is 75.7 Å². The van der Waals surface area contributed by atoms with E-state index in [4.69, 9.17) is 0 Å². The number of halogens is 2. The van der Waals surface area contributed by atoms with E-state index in [0.29, 0.717) is 31.6 Å². The molecular weight excluding hydrogens is 330 g/mol. The maximum atomic E-state index is 12.5. The van der Waals surface area contributed by atoms with Crippen LogP contribution in [0.2, 0.25) is 0 Å². The van der Waals surface area contributed by atoms with E-state index in [9.17, 15) is 22.0 Å². The van der Waals surface area contributed by atoms with Gasteiger partial charge in [-0.2, -0.15) is 8.78 Å². The van der Waals surface area contributed by atoms with E-state index in [-0.39, 0.29) is 12.1 Å². The lowest BCUT2D eigenvalue weighted by Crippen LogP contribution is -2.42. The molecule has 2 rings (SSSR count). The van der Waals surface area contributed by atoms with Crippen molar-refractivity contribution in [3.63, 3.8) is 0 Å². The van der Waals surface area contributed by atoms with E-state index in [1.54, 1.807) is 4.90 Å². The molecule has 0 unspecified atom stereocenters. The second kappa shape index (κ2) is 7.12. The summed E-state index contributed by atoms with van der Waals surface area (Å²) >= 11 is 0. The Hall–Kier alpha value is -1.90. The van der Waals surface area contributed by atoms with E-state index >= 15 is 0 Å². The molecule has 1 aromatic carbocycles. The Labute approximate surface area is 133 Å². The van der Waals surface area contributed by atoms with Crippen LogP contribution in [0.1, 0.15) is 12.8 Å². The number of anilines is 1. The van der Waals surface area contributed by atoms with Crippen LogP contribution in [0.25, 0.3) is 0 Å². The second-order valence-electron chi connectivity index (χ2n) is 5.21. The van der Waals surface area contributed by atoms with Gasteiger partial charge in [0.1, 0.15) is 0 Å². The molecule has 0 atom stereocenters. The number of alkyl halides is 2. The zero-order valence-corrected chi connectivity index (χ0v) is 13.4. The molecular formula is C14H18F2N2O4S. The molecule has 23 heavy (non-hydrogen) atoms. The summed E-state index contributed by atoms with van der Waals surface area (Å²) in [6, 6.07) is 5.36. The molecule has 1 fully saturated rings. The van der Waals surface area contributed by atoms with Gasteiger partial charge in [0.05, 0.1) is 12.0 Å². The molecule has 6 nitrogen and oxygen atoms in total. The highest BCUT2D eigenvalue weighted by atomic mass is 32.2. The highest BCUT2D eigenvalue weighted by Crippen LogP contribution is 2.22. The minimum absolute atomic E-state index is 0.119. The molecule has 0 aromatic heterocycles. The second-order valence-corrected chi connectivity index (χ2v) is 7.12. The summed E-state index contributed by atoms with van der Waals surface area (Å²) in [5, 5.41) is 3.21. The van der Waals surface area contributed by atoms with Crippen LogP contribution < -0.4 is 5.32 Å². The van der Waals surface area contributed by atoms with Crippen LogP contribution in [0.15, 0.2) is 29.2 Å². The van der Waals surface area contributed by atoms with Crippen molar-refractivity contribution in [2.24, 2.45) is 0 Å². The number of carbonyl (C=O) groups excluding carboxylic acids is 1. The SMILES string of the molecule is COC(=O)N1CCC(Nc2ccc(S(=O)(=O)C(F)F)cc2)CC1. The van der Waals surface area contributed by atoms with Crippen molar-refractivity contribution in [3.8, 4) is 0 Å². The molecule has 1 amide bonds. The molecule has 1 aliphatic heterocycles. The van der Waals surface area contributed by atoms with Gasteiger partial charge in [-0.15, -0.1) is 0 Å². The number of sulfone groups is 1. The number of nitrogens with zero attached hydrogens (tertiary/aromatic N) is 1. The van der Waals surface area contributed by atoms with Crippen molar-refractivity contribution in [3.05, 3.63) is 24.3 Å². The third-order valence-electron chi connectivity index (χ3n) is 3.72. The van der Waals surface area contributed by atoms with Gasteiger partial charge < -0.3 is 15.0 Å². The van der Waals surface area contributed by atoms with E-state index in [1.165, 1.54) is 19.2 Å². The first kappa shape index (κ1) is 17.5. The van der Waals surface area contributed by atoms with E-state index in [2.05, 4.69) is 10.1 Å². The predicted molar refractivity (Wildman–Crippen MR) is 80.3 cm³/mol. The van der Waals surface area contributed by atoms with Gasteiger partial charge >= 0.3 is 11.9 Å². The molecule has 0 spiro atoms. The maximum absolute atomic E-state index is 12.5. The lowest BCUT2D eigenvalue weighted by Gasteiger charge is -2.31. The number of hydrogen-bond donors (Lipinski definition) is 1. The molecule has 0 aliphatic carbocycles. The van der Waals surface area contributed by atoms with Crippen LogP contribution in [0.4, 0.5) is 19.3 Å². The van der Waals surface area contributed by atoms with Gasteiger partial charge in [0, 0.05) is 24.8 Å². The smallest absolute Gasteiger partial charge is 0.409 e. The molecule has 1 aliphatic rings.